The van der Waals surface area contributed by atoms with Crippen LogP contribution < -0.4 is 16.0 Å². The number of rotatable bonds is 7. The zero-order valence-corrected chi connectivity index (χ0v) is 19.1. The zero-order valence-electron chi connectivity index (χ0n) is 15.9. The SMILES string of the molecule is CCCC(=O)Nc1ccc(CNC(=NC)NCC2(C)CCCS2)cc1.I. The third-order valence-corrected chi connectivity index (χ3v) is 5.87. The van der Waals surface area contributed by atoms with E-state index in [9.17, 15) is 4.79 Å². The molecule has 146 valence electrons. The number of thioether (sulfide) groups is 1. The van der Waals surface area contributed by atoms with E-state index >= 15 is 0 Å². The van der Waals surface area contributed by atoms with E-state index in [0.29, 0.717) is 17.7 Å². The average molecular weight is 490 g/mol. The summed E-state index contributed by atoms with van der Waals surface area (Å²) in [4.78, 5) is 15.9. The number of carbonyl (C=O) groups is 1. The van der Waals surface area contributed by atoms with Crippen LogP contribution in [0, 0.1) is 0 Å². The molecule has 1 atom stereocenters. The Bertz CT molecular complexity index is 586. The summed E-state index contributed by atoms with van der Waals surface area (Å²) >= 11 is 2.04. The molecule has 0 radical (unpaired) electrons. The van der Waals surface area contributed by atoms with Crippen LogP contribution in [0.1, 0.15) is 45.1 Å². The monoisotopic (exact) mass is 490 g/mol. The van der Waals surface area contributed by atoms with Crippen molar-refractivity contribution in [2.45, 2.75) is 50.8 Å². The molecular weight excluding hydrogens is 459 g/mol. The quantitative estimate of drug-likeness (QED) is 0.307. The summed E-state index contributed by atoms with van der Waals surface area (Å²) in [6, 6.07) is 7.93. The summed E-state index contributed by atoms with van der Waals surface area (Å²) in [5, 5.41) is 9.69. The third-order valence-electron chi connectivity index (χ3n) is 4.33. The van der Waals surface area contributed by atoms with Crippen molar-refractivity contribution in [3.63, 3.8) is 0 Å². The molecule has 1 amide bonds. The van der Waals surface area contributed by atoms with Crippen molar-refractivity contribution in [3.8, 4) is 0 Å². The lowest BCUT2D eigenvalue weighted by atomic mass is 10.1. The van der Waals surface area contributed by atoms with Crippen molar-refractivity contribution in [3.05, 3.63) is 29.8 Å². The van der Waals surface area contributed by atoms with E-state index in [1.54, 1.807) is 7.05 Å². The van der Waals surface area contributed by atoms with E-state index in [1.807, 2.05) is 43.0 Å². The van der Waals surface area contributed by atoms with Crippen LogP contribution in [0.4, 0.5) is 5.69 Å². The van der Waals surface area contributed by atoms with Crippen LogP contribution in [0.15, 0.2) is 29.3 Å². The normalized spacial score (nSPS) is 19.6. The van der Waals surface area contributed by atoms with Gasteiger partial charge < -0.3 is 16.0 Å². The largest absolute Gasteiger partial charge is 0.355 e. The highest BCUT2D eigenvalue weighted by molar-refractivity contribution is 14.0. The molecule has 0 bridgehead atoms. The second kappa shape index (κ2) is 11.7. The van der Waals surface area contributed by atoms with Crippen molar-refractivity contribution in [2.75, 3.05) is 24.7 Å². The van der Waals surface area contributed by atoms with Gasteiger partial charge in [-0.15, -0.1) is 24.0 Å². The molecule has 1 saturated heterocycles. The maximum atomic E-state index is 11.6. The smallest absolute Gasteiger partial charge is 0.224 e. The minimum absolute atomic E-state index is 0. The molecule has 1 aliphatic heterocycles. The Labute approximate surface area is 178 Å². The number of nitrogens with zero attached hydrogens (tertiary/aromatic N) is 1. The number of benzene rings is 1. The Morgan fingerprint density at radius 3 is 2.58 bits per heavy atom. The average Bonchev–Trinajstić information content (AvgIpc) is 3.03. The fourth-order valence-corrected chi connectivity index (χ4v) is 4.05. The van der Waals surface area contributed by atoms with Gasteiger partial charge in [0.25, 0.3) is 0 Å². The number of nitrogens with one attached hydrogen (secondary N) is 3. The lowest BCUT2D eigenvalue weighted by Crippen LogP contribution is -2.43. The Hall–Kier alpha value is -0.960. The number of aliphatic imine (C=N–C) groups is 1. The topological polar surface area (TPSA) is 65.5 Å². The molecule has 1 aliphatic rings. The highest BCUT2D eigenvalue weighted by atomic mass is 127. The van der Waals surface area contributed by atoms with Crippen molar-refractivity contribution in [1.29, 1.82) is 0 Å². The maximum Gasteiger partial charge on any atom is 0.224 e. The molecule has 7 heteroatoms. The van der Waals surface area contributed by atoms with Gasteiger partial charge in [0.1, 0.15) is 0 Å². The molecule has 0 saturated carbocycles. The number of anilines is 1. The van der Waals surface area contributed by atoms with Gasteiger partial charge in [-0.3, -0.25) is 9.79 Å². The van der Waals surface area contributed by atoms with Crippen LogP contribution >= 0.6 is 35.7 Å². The first kappa shape index (κ1) is 23.1. The van der Waals surface area contributed by atoms with Gasteiger partial charge in [0.05, 0.1) is 0 Å². The number of hydrogen-bond acceptors (Lipinski definition) is 3. The van der Waals surface area contributed by atoms with E-state index in [4.69, 9.17) is 0 Å². The molecule has 3 N–H and O–H groups in total. The molecule has 0 aromatic heterocycles. The van der Waals surface area contributed by atoms with E-state index in [0.717, 1.165) is 30.2 Å². The highest BCUT2D eigenvalue weighted by Gasteiger charge is 2.29. The summed E-state index contributed by atoms with van der Waals surface area (Å²) in [5.74, 6) is 2.15. The Kier molecular flexibility index (Phi) is 10.4. The maximum absolute atomic E-state index is 11.6. The standard InChI is InChI=1S/C19H30N4OS.HI/c1-4-6-17(24)23-16-9-7-15(8-10-16)13-21-18(20-3)22-14-19(2)11-5-12-25-19;/h7-10H,4-6,11-14H2,1-3H3,(H,23,24)(H2,20,21,22);1H. The van der Waals surface area contributed by atoms with Crippen LogP contribution in [0.3, 0.4) is 0 Å². The number of carbonyl (C=O) groups excluding carboxylic acids is 1. The van der Waals surface area contributed by atoms with Gasteiger partial charge >= 0.3 is 0 Å². The van der Waals surface area contributed by atoms with Crippen molar-refractivity contribution in [1.82, 2.24) is 10.6 Å². The Morgan fingerprint density at radius 2 is 2.00 bits per heavy atom. The number of hydrogen-bond donors (Lipinski definition) is 3. The summed E-state index contributed by atoms with van der Waals surface area (Å²) in [6.07, 6.45) is 3.98. The lowest BCUT2D eigenvalue weighted by molar-refractivity contribution is -0.116. The van der Waals surface area contributed by atoms with E-state index in [2.05, 4.69) is 27.9 Å². The van der Waals surface area contributed by atoms with Gasteiger partial charge in [0, 0.05) is 37.0 Å². The molecular formula is C19H31IN4OS. The van der Waals surface area contributed by atoms with E-state index in [1.165, 1.54) is 18.6 Å². The summed E-state index contributed by atoms with van der Waals surface area (Å²) in [6.45, 7) is 5.95. The zero-order chi connectivity index (χ0) is 18.1. The van der Waals surface area contributed by atoms with Crippen LogP contribution in [0.25, 0.3) is 0 Å². The van der Waals surface area contributed by atoms with Crippen LogP contribution in [0.5, 0.6) is 0 Å². The minimum Gasteiger partial charge on any atom is -0.355 e. The molecule has 1 aromatic rings. The first-order valence-corrected chi connectivity index (χ1v) is 10.0. The number of guanidine groups is 1. The van der Waals surface area contributed by atoms with Crippen LogP contribution in [0.2, 0.25) is 0 Å². The first-order valence-electron chi connectivity index (χ1n) is 9.02. The molecule has 1 fully saturated rings. The molecule has 0 spiro atoms. The fraction of sp³-hybridized carbons (Fsp3) is 0.579. The number of amides is 1. The van der Waals surface area contributed by atoms with Gasteiger partial charge in [-0.2, -0.15) is 11.8 Å². The fourth-order valence-electron chi connectivity index (χ4n) is 2.81. The van der Waals surface area contributed by atoms with E-state index < -0.39 is 0 Å². The van der Waals surface area contributed by atoms with E-state index in [-0.39, 0.29) is 29.9 Å². The number of halogens is 1. The summed E-state index contributed by atoms with van der Waals surface area (Å²) in [7, 11) is 1.80. The molecule has 5 nitrogen and oxygen atoms in total. The minimum atomic E-state index is 0. The molecule has 1 aromatic carbocycles. The van der Waals surface area contributed by atoms with Gasteiger partial charge in [-0.05, 0) is 49.6 Å². The lowest BCUT2D eigenvalue weighted by Gasteiger charge is -2.24. The molecule has 1 unspecified atom stereocenters. The summed E-state index contributed by atoms with van der Waals surface area (Å²) < 4.78 is 0.315. The first-order chi connectivity index (χ1) is 12.0. The van der Waals surface area contributed by atoms with Crippen LogP contribution in [-0.4, -0.2) is 36.0 Å². The second-order valence-corrected chi connectivity index (χ2v) is 8.36. The Balaban J connectivity index is 0.00000338. The van der Waals surface area contributed by atoms with Gasteiger partial charge in [0.15, 0.2) is 5.96 Å². The second-order valence-electron chi connectivity index (χ2n) is 6.68. The highest BCUT2D eigenvalue weighted by Crippen LogP contribution is 2.36. The molecule has 1 heterocycles. The molecule has 2 rings (SSSR count). The summed E-state index contributed by atoms with van der Waals surface area (Å²) in [5.41, 5.74) is 1.99. The van der Waals surface area contributed by atoms with Gasteiger partial charge in [-0.1, -0.05) is 19.1 Å². The molecule has 0 aliphatic carbocycles. The van der Waals surface area contributed by atoms with Crippen molar-refractivity contribution in [2.24, 2.45) is 4.99 Å². The Morgan fingerprint density at radius 1 is 1.27 bits per heavy atom. The van der Waals surface area contributed by atoms with Crippen molar-refractivity contribution < 1.29 is 4.79 Å². The van der Waals surface area contributed by atoms with Gasteiger partial charge in [0.2, 0.25) is 5.91 Å². The van der Waals surface area contributed by atoms with Crippen molar-refractivity contribution >= 4 is 53.3 Å². The predicted octanol–water partition coefficient (Wildman–Crippen LogP) is 3.99. The van der Waals surface area contributed by atoms with Gasteiger partial charge in [-0.25, -0.2) is 0 Å². The predicted molar refractivity (Wildman–Crippen MR) is 124 cm³/mol. The van der Waals surface area contributed by atoms with Crippen LogP contribution in [-0.2, 0) is 11.3 Å². The third kappa shape index (κ3) is 7.73. The molecule has 26 heavy (non-hydrogen) atoms.